The van der Waals surface area contributed by atoms with E-state index in [1.807, 2.05) is 0 Å². The molecular weight excluding hydrogens is 198 g/mol. The van der Waals surface area contributed by atoms with E-state index in [0.29, 0.717) is 0 Å². The minimum atomic E-state index is -0.135. The van der Waals surface area contributed by atoms with E-state index in [1.165, 1.54) is 38.5 Å². The van der Waals surface area contributed by atoms with E-state index in [0.717, 1.165) is 12.8 Å². The van der Waals surface area contributed by atoms with Crippen molar-refractivity contribution in [2.24, 2.45) is 5.73 Å². The lowest BCUT2D eigenvalue weighted by Crippen LogP contribution is -2.46. The van der Waals surface area contributed by atoms with Crippen molar-refractivity contribution in [2.45, 2.75) is 83.8 Å². The van der Waals surface area contributed by atoms with Crippen LogP contribution in [0.1, 0.15) is 72.1 Å². The van der Waals surface area contributed by atoms with Gasteiger partial charge in [-0.2, -0.15) is 0 Å². The van der Waals surface area contributed by atoms with Crippen LogP contribution < -0.4 is 5.73 Å². The minimum Gasteiger partial charge on any atom is -0.377 e. The third-order valence-corrected chi connectivity index (χ3v) is 3.82. The number of ether oxygens (including phenoxy) is 1. The highest BCUT2D eigenvalue weighted by Crippen LogP contribution is 2.21. The Morgan fingerprint density at radius 2 is 1.62 bits per heavy atom. The molecule has 0 aliphatic carbocycles. The summed E-state index contributed by atoms with van der Waals surface area (Å²) in [5.74, 6) is 0. The van der Waals surface area contributed by atoms with E-state index in [-0.39, 0.29) is 11.6 Å². The lowest BCUT2D eigenvalue weighted by Gasteiger charge is -2.33. The molecule has 2 nitrogen and oxygen atoms in total. The Morgan fingerprint density at radius 3 is 2.12 bits per heavy atom. The van der Waals surface area contributed by atoms with Gasteiger partial charge in [0.25, 0.3) is 0 Å². The predicted octanol–water partition coefficient (Wildman–Crippen LogP) is 3.88. The maximum absolute atomic E-state index is 6.19. The van der Waals surface area contributed by atoms with Gasteiger partial charge in [-0.05, 0) is 19.8 Å². The van der Waals surface area contributed by atoms with E-state index < -0.39 is 0 Å². The average molecular weight is 229 g/mol. The Balaban J connectivity index is 3.60. The summed E-state index contributed by atoms with van der Waals surface area (Å²) in [6.07, 6.45) is 10.1. The maximum atomic E-state index is 6.19. The third kappa shape index (κ3) is 5.86. The molecule has 0 aromatic heterocycles. The molecule has 2 atom stereocenters. The summed E-state index contributed by atoms with van der Waals surface area (Å²) in [4.78, 5) is 0. The number of hydrogen-bond acceptors (Lipinski definition) is 2. The third-order valence-electron chi connectivity index (χ3n) is 3.82. The largest absolute Gasteiger partial charge is 0.377 e. The molecule has 0 saturated heterocycles. The number of nitrogens with two attached hydrogens (primary N) is 1. The van der Waals surface area contributed by atoms with Crippen molar-refractivity contribution in [1.82, 2.24) is 0 Å². The van der Waals surface area contributed by atoms with Gasteiger partial charge in [0.05, 0.1) is 5.60 Å². The fourth-order valence-electron chi connectivity index (χ4n) is 2.01. The van der Waals surface area contributed by atoms with Crippen LogP contribution in [-0.4, -0.2) is 18.8 Å². The fraction of sp³-hybridized carbons (Fsp3) is 1.00. The molecule has 2 unspecified atom stereocenters. The van der Waals surface area contributed by atoms with Gasteiger partial charge in [-0.1, -0.05) is 52.4 Å². The molecule has 16 heavy (non-hydrogen) atoms. The summed E-state index contributed by atoms with van der Waals surface area (Å²) in [7, 11) is 1.77. The second-order valence-corrected chi connectivity index (χ2v) is 5.03. The van der Waals surface area contributed by atoms with Gasteiger partial charge in [-0.25, -0.2) is 0 Å². The van der Waals surface area contributed by atoms with Gasteiger partial charge in [-0.3, -0.25) is 0 Å². The molecule has 0 fully saturated rings. The molecule has 0 aliphatic heterocycles. The lowest BCUT2D eigenvalue weighted by atomic mass is 9.90. The Morgan fingerprint density at radius 1 is 1.06 bits per heavy atom. The first kappa shape index (κ1) is 15.9. The van der Waals surface area contributed by atoms with Crippen molar-refractivity contribution in [3.63, 3.8) is 0 Å². The van der Waals surface area contributed by atoms with Crippen LogP contribution in [0.5, 0.6) is 0 Å². The van der Waals surface area contributed by atoms with Crippen molar-refractivity contribution in [3.05, 3.63) is 0 Å². The molecule has 0 aromatic rings. The number of hydrogen-bond donors (Lipinski definition) is 1. The van der Waals surface area contributed by atoms with Crippen molar-refractivity contribution in [3.8, 4) is 0 Å². The highest BCUT2D eigenvalue weighted by atomic mass is 16.5. The lowest BCUT2D eigenvalue weighted by molar-refractivity contribution is -0.0211. The second kappa shape index (κ2) is 9.00. The zero-order valence-corrected chi connectivity index (χ0v) is 11.7. The molecule has 0 aliphatic rings. The Bertz CT molecular complexity index is 155. The van der Waals surface area contributed by atoms with Crippen LogP contribution in [-0.2, 0) is 4.74 Å². The molecule has 0 amide bonds. The topological polar surface area (TPSA) is 35.2 Å². The average Bonchev–Trinajstić information content (AvgIpc) is 2.32. The van der Waals surface area contributed by atoms with E-state index in [2.05, 4.69) is 20.8 Å². The number of methoxy groups -OCH3 is 1. The van der Waals surface area contributed by atoms with Gasteiger partial charge in [0.1, 0.15) is 0 Å². The van der Waals surface area contributed by atoms with Gasteiger partial charge >= 0.3 is 0 Å². The van der Waals surface area contributed by atoms with Crippen LogP contribution in [0.3, 0.4) is 0 Å². The number of rotatable bonds is 10. The van der Waals surface area contributed by atoms with Crippen LogP contribution in [0.4, 0.5) is 0 Å². The zero-order valence-electron chi connectivity index (χ0n) is 11.7. The molecule has 98 valence electrons. The molecular formula is C14H31NO. The standard InChI is InChI=1S/C14H31NO/c1-5-7-8-9-10-11-12-13(15)14(3,6-2)16-4/h13H,5-12,15H2,1-4H3. The zero-order chi connectivity index (χ0) is 12.4. The SMILES string of the molecule is CCCCCCCCC(N)C(C)(CC)OC. The molecule has 0 heterocycles. The highest BCUT2D eigenvalue weighted by Gasteiger charge is 2.28. The van der Waals surface area contributed by atoms with Gasteiger partial charge in [0.2, 0.25) is 0 Å². The molecule has 0 aromatic carbocycles. The summed E-state index contributed by atoms with van der Waals surface area (Å²) in [6, 6.07) is 0.175. The van der Waals surface area contributed by atoms with Crippen LogP contribution in [0.15, 0.2) is 0 Å². The minimum absolute atomic E-state index is 0.135. The molecule has 0 spiro atoms. The molecule has 0 rings (SSSR count). The molecule has 0 saturated carbocycles. The van der Waals surface area contributed by atoms with Gasteiger partial charge < -0.3 is 10.5 Å². The first-order valence-electron chi connectivity index (χ1n) is 6.91. The number of unbranched alkanes of at least 4 members (excludes halogenated alkanes) is 5. The van der Waals surface area contributed by atoms with Gasteiger partial charge in [0, 0.05) is 13.2 Å². The van der Waals surface area contributed by atoms with Crippen molar-refractivity contribution >= 4 is 0 Å². The highest BCUT2D eigenvalue weighted by molar-refractivity contribution is 4.85. The van der Waals surface area contributed by atoms with E-state index in [9.17, 15) is 0 Å². The van der Waals surface area contributed by atoms with Gasteiger partial charge in [0.15, 0.2) is 0 Å². The molecule has 0 bridgehead atoms. The molecule has 2 heteroatoms. The van der Waals surface area contributed by atoms with Gasteiger partial charge in [-0.15, -0.1) is 0 Å². The summed E-state index contributed by atoms with van der Waals surface area (Å²) in [5, 5.41) is 0. The first-order chi connectivity index (χ1) is 7.60. The quantitative estimate of drug-likeness (QED) is 0.577. The van der Waals surface area contributed by atoms with E-state index >= 15 is 0 Å². The summed E-state index contributed by atoms with van der Waals surface area (Å²) in [5.41, 5.74) is 6.05. The van der Waals surface area contributed by atoms with Crippen LogP contribution in [0.2, 0.25) is 0 Å². The van der Waals surface area contributed by atoms with Crippen LogP contribution >= 0.6 is 0 Å². The molecule has 2 N–H and O–H groups in total. The Kier molecular flexibility index (Phi) is 8.96. The summed E-state index contributed by atoms with van der Waals surface area (Å²) >= 11 is 0. The predicted molar refractivity (Wildman–Crippen MR) is 71.7 cm³/mol. The monoisotopic (exact) mass is 229 g/mol. The summed E-state index contributed by atoms with van der Waals surface area (Å²) in [6.45, 7) is 6.51. The normalized spacial score (nSPS) is 17.1. The van der Waals surface area contributed by atoms with Crippen molar-refractivity contribution in [2.75, 3.05) is 7.11 Å². The molecule has 0 radical (unpaired) electrons. The second-order valence-electron chi connectivity index (χ2n) is 5.03. The Labute approximate surface area is 102 Å². The van der Waals surface area contributed by atoms with E-state index in [1.54, 1.807) is 7.11 Å². The van der Waals surface area contributed by atoms with Crippen molar-refractivity contribution < 1.29 is 4.74 Å². The fourth-order valence-corrected chi connectivity index (χ4v) is 2.01. The van der Waals surface area contributed by atoms with Crippen LogP contribution in [0, 0.1) is 0 Å². The van der Waals surface area contributed by atoms with Crippen molar-refractivity contribution in [1.29, 1.82) is 0 Å². The summed E-state index contributed by atoms with van der Waals surface area (Å²) < 4.78 is 5.52. The smallest absolute Gasteiger partial charge is 0.0798 e. The Hall–Kier alpha value is -0.0800. The first-order valence-corrected chi connectivity index (χ1v) is 6.91. The maximum Gasteiger partial charge on any atom is 0.0798 e. The van der Waals surface area contributed by atoms with E-state index in [4.69, 9.17) is 10.5 Å². The van der Waals surface area contributed by atoms with Crippen LogP contribution in [0.25, 0.3) is 0 Å².